The van der Waals surface area contributed by atoms with Crippen molar-refractivity contribution in [2.75, 3.05) is 27.3 Å². The lowest BCUT2D eigenvalue weighted by Gasteiger charge is -2.45. The summed E-state index contributed by atoms with van der Waals surface area (Å²) in [6, 6.07) is 17.2. The summed E-state index contributed by atoms with van der Waals surface area (Å²) in [7, 11) is 2.95. The molecule has 0 spiro atoms. The molecular weight excluding hydrogens is 640 g/mol. The number of carbonyl (C=O) groups excluding carboxylic acids is 2. The highest BCUT2D eigenvalue weighted by molar-refractivity contribution is 6.09. The van der Waals surface area contributed by atoms with Crippen molar-refractivity contribution >= 4 is 44.6 Å². The maximum atomic E-state index is 14.1. The number of para-hydroxylation sites is 2. The van der Waals surface area contributed by atoms with Crippen LogP contribution in [0.2, 0.25) is 0 Å². The second-order valence-corrected chi connectivity index (χ2v) is 14.9. The largest absolute Gasteiger partial charge is 0.497 e. The maximum absolute atomic E-state index is 14.1. The average molecular weight is 686 g/mol. The van der Waals surface area contributed by atoms with E-state index < -0.39 is 0 Å². The Morgan fingerprint density at radius 3 is 2.59 bits per heavy atom. The van der Waals surface area contributed by atoms with Gasteiger partial charge in [-0.2, -0.15) is 4.57 Å². The molecule has 2 N–H and O–H groups in total. The Morgan fingerprint density at radius 2 is 1.82 bits per heavy atom. The molecule has 0 amide bonds. The van der Waals surface area contributed by atoms with Gasteiger partial charge in [0.25, 0.3) is 0 Å². The third-order valence-corrected chi connectivity index (χ3v) is 12.6. The molecule has 6 atom stereocenters. The summed E-state index contributed by atoms with van der Waals surface area (Å²) in [6.07, 6.45) is 9.15. The molecule has 1 fully saturated rings. The predicted molar refractivity (Wildman–Crippen MR) is 195 cm³/mol. The number of ether oxygens (including phenoxy) is 3. The summed E-state index contributed by atoms with van der Waals surface area (Å²) in [4.78, 5) is 37.1. The van der Waals surface area contributed by atoms with Crippen LogP contribution in [0.5, 0.6) is 0 Å². The number of methoxy groups -OCH3 is 2. The Balaban J connectivity index is 1.15. The van der Waals surface area contributed by atoms with Gasteiger partial charge < -0.3 is 24.2 Å². The van der Waals surface area contributed by atoms with Crippen molar-refractivity contribution in [1.29, 1.82) is 0 Å². The molecule has 7 heterocycles. The number of rotatable bonds is 5. The summed E-state index contributed by atoms with van der Waals surface area (Å²) in [5.74, 6) is -0.764. The van der Waals surface area contributed by atoms with Crippen molar-refractivity contribution in [3.05, 3.63) is 101 Å². The number of H-pyrrole nitrogens is 2. The molecule has 9 heteroatoms. The van der Waals surface area contributed by atoms with Crippen molar-refractivity contribution in [3.63, 3.8) is 0 Å². The van der Waals surface area contributed by atoms with Crippen LogP contribution >= 0.6 is 0 Å². The summed E-state index contributed by atoms with van der Waals surface area (Å²) in [5.41, 5.74) is 10.2. The molecule has 0 bridgehead atoms. The van der Waals surface area contributed by atoms with Crippen LogP contribution in [0.15, 0.2) is 78.2 Å². The third kappa shape index (κ3) is 5.03. The predicted octanol–water partition coefficient (Wildman–Crippen LogP) is 6.25. The summed E-state index contributed by atoms with van der Waals surface area (Å²) < 4.78 is 19.2. The number of piperidine rings is 1. The molecule has 5 aromatic rings. The molecule has 1 saturated heterocycles. The van der Waals surface area contributed by atoms with Crippen LogP contribution in [0.4, 0.5) is 0 Å². The number of esters is 2. The Kier molecular flexibility index (Phi) is 7.80. The minimum absolute atomic E-state index is 0.0167. The molecule has 0 radical (unpaired) electrons. The first-order valence-corrected chi connectivity index (χ1v) is 18.3. The van der Waals surface area contributed by atoms with E-state index in [1.165, 1.54) is 42.0 Å². The van der Waals surface area contributed by atoms with Crippen molar-refractivity contribution in [2.24, 2.45) is 23.7 Å². The first-order valence-electron chi connectivity index (χ1n) is 18.3. The lowest BCUT2D eigenvalue weighted by Crippen LogP contribution is -2.54. The zero-order valence-electron chi connectivity index (χ0n) is 29.7. The fourth-order valence-corrected chi connectivity index (χ4v) is 9.99. The highest BCUT2D eigenvalue weighted by Crippen LogP contribution is 2.47. The van der Waals surface area contributed by atoms with E-state index in [9.17, 15) is 9.59 Å². The molecule has 4 aliphatic rings. The highest BCUT2D eigenvalue weighted by Gasteiger charge is 2.47. The third-order valence-electron chi connectivity index (χ3n) is 12.6. The molecule has 262 valence electrons. The van der Waals surface area contributed by atoms with E-state index in [4.69, 9.17) is 14.2 Å². The molecule has 51 heavy (non-hydrogen) atoms. The first-order chi connectivity index (χ1) is 24.9. The van der Waals surface area contributed by atoms with Gasteiger partial charge in [0.2, 0.25) is 5.69 Å². The van der Waals surface area contributed by atoms with Crippen LogP contribution in [0.3, 0.4) is 0 Å². The van der Waals surface area contributed by atoms with E-state index in [1.54, 1.807) is 6.26 Å². The number of nitrogens with zero attached hydrogens (tertiary/aromatic N) is 2. The van der Waals surface area contributed by atoms with Crippen LogP contribution in [0, 0.1) is 23.7 Å². The van der Waals surface area contributed by atoms with Gasteiger partial charge in [0, 0.05) is 63.9 Å². The number of benzene rings is 2. The molecule has 0 unspecified atom stereocenters. The molecule has 3 aromatic heterocycles. The number of aromatic amines is 2. The minimum atomic E-state index is -0.365. The number of hydrogen-bond donors (Lipinski definition) is 2. The van der Waals surface area contributed by atoms with Gasteiger partial charge in [0.1, 0.15) is 11.6 Å². The standard InChI is InChI=1S/C42H44N4O5/c1-5-24-19-45-15-14-27-26-10-6-8-12-34(26)43-39(27)36(45)17-29(24)31(41(47)49-3)16-25-20-46-21-32-23(2)51-22-33(42(48)50-4)30(32)18-37(46)40-38(25)28-11-7-9-13-35(28)44-40/h5-13,20,22-23,29-32,36,43H,14-19,21H2,1-4H3/p+1/b24-5-/t23-,29-,30+,31+,32-,36-/m0/s1. The first kappa shape index (κ1) is 32.0. The van der Waals surface area contributed by atoms with E-state index in [1.807, 2.05) is 0 Å². The van der Waals surface area contributed by atoms with Gasteiger partial charge in [0.15, 0.2) is 12.7 Å². The minimum Gasteiger partial charge on any atom is -0.497 e. The lowest BCUT2D eigenvalue weighted by atomic mass is 9.73. The maximum Gasteiger partial charge on any atom is 0.337 e. The van der Waals surface area contributed by atoms with Crippen molar-refractivity contribution in [2.45, 2.75) is 58.2 Å². The second kappa shape index (κ2) is 12.4. The van der Waals surface area contributed by atoms with Crippen molar-refractivity contribution < 1.29 is 28.4 Å². The fourth-order valence-electron chi connectivity index (χ4n) is 9.99. The lowest BCUT2D eigenvalue weighted by molar-refractivity contribution is -0.718. The molecule has 0 aliphatic carbocycles. The van der Waals surface area contributed by atoms with Gasteiger partial charge in [-0.3, -0.25) is 9.69 Å². The van der Waals surface area contributed by atoms with Crippen molar-refractivity contribution in [3.8, 4) is 0 Å². The van der Waals surface area contributed by atoms with E-state index in [0.717, 1.165) is 59.0 Å². The number of fused-ring (bicyclic) bond motifs is 11. The number of pyridine rings is 1. The molecule has 0 saturated carbocycles. The normalized spacial score (nSPS) is 25.8. The molecule has 4 aliphatic heterocycles. The summed E-state index contributed by atoms with van der Waals surface area (Å²) in [6.45, 7) is 6.73. The summed E-state index contributed by atoms with van der Waals surface area (Å²) in [5, 5.41) is 3.59. The molecule has 9 nitrogen and oxygen atoms in total. The van der Waals surface area contributed by atoms with Crippen molar-refractivity contribution in [1.82, 2.24) is 14.9 Å². The quantitative estimate of drug-likeness (QED) is 0.129. The van der Waals surface area contributed by atoms with E-state index >= 15 is 0 Å². The number of aromatic nitrogens is 3. The zero-order valence-corrected chi connectivity index (χ0v) is 29.7. The summed E-state index contributed by atoms with van der Waals surface area (Å²) >= 11 is 0. The van der Waals surface area contributed by atoms with Crippen LogP contribution in [-0.4, -0.2) is 60.2 Å². The van der Waals surface area contributed by atoms with Gasteiger partial charge in [0.05, 0.1) is 43.9 Å². The SMILES string of the molecule is C/C=C1/CN2CCc3c([nH]c4ccccc34)[C@@H]2C[C@@H]1[C@@H](Cc1c[n+]2c(c3[nH]c4ccccc4c13)C[C@H]1C(C(=O)OC)=CO[C@@H](C)[C@@H]1C2)C(=O)OC. The number of nitrogens with one attached hydrogen (secondary N) is 2. The van der Waals surface area contributed by atoms with E-state index in [-0.39, 0.29) is 47.8 Å². The van der Waals surface area contributed by atoms with Gasteiger partial charge >= 0.3 is 11.9 Å². The molecule has 9 rings (SSSR count). The Bertz CT molecular complexity index is 2280. The second-order valence-electron chi connectivity index (χ2n) is 14.9. The average Bonchev–Trinajstić information content (AvgIpc) is 3.75. The monoisotopic (exact) mass is 685 g/mol. The number of hydrogen-bond acceptors (Lipinski definition) is 6. The topological polar surface area (TPSA) is 101 Å². The molecule has 2 aromatic carbocycles. The Labute approximate surface area is 297 Å². The van der Waals surface area contributed by atoms with Gasteiger partial charge in [-0.15, -0.1) is 0 Å². The highest BCUT2D eigenvalue weighted by atomic mass is 16.5. The number of allylic oxidation sites excluding steroid dienone is 1. The van der Waals surface area contributed by atoms with Gasteiger partial charge in [-0.05, 0) is 56.7 Å². The van der Waals surface area contributed by atoms with Gasteiger partial charge in [-0.25, -0.2) is 4.79 Å². The van der Waals surface area contributed by atoms with Crippen LogP contribution < -0.4 is 4.57 Å². The fraction of sp³-hybridized carbons (Fsp3) is 0.405. The van der Waals surface area contributed by atoms with Gasteiger partial charge in [-0.1, -0.05) is 48.0 Å². The van der Waals surface area contributed by atoms with E-state index in [0.29, 0.717) is 25.0 Å². The van der Waals surface area contributed by atoms with Crippen LogP contribution in [-0.2, 0) is 49.6 Å². The molecular formula is C42H45N4O5+. The van der Waals surface area contributed by atoms with Crippen LogP contribution in [0.1, 0.15) is 48.8 Å². The Hall–Kier alpha value is -4.89. The van der Waals surface area contributed by atoms with Crippen LogP contribution in [0.25, 0.3) is 32.7 Å². The Morgan fingerprint density at radius 1 is 1.06 bits per heavy atom. The smallest absolute Gasteiger partial charge is 0.337 e. The number of carbonyl (C=O) groups is 2. The van der Waals surface area contributed by atoms with E-state index in [2.05, 4.69) is 94.1 Å². The zero-order chi connectivity index (χ0) is 35.0.